The van der Waals surface area contributed by atoms with Crippen LogP contribution in [0.2, 0.25) is 0 Å². The molecule has 0 bridgehead atoms. The molecular weight excluding hydrogens is 390 g/mol. The van der Waals surface area contributed by atoms with Gasteiger partial charge in [-0.15, -0.1) is 0 Å². The Morgan fingerprint density at radius 3 is 2.23 bits per heavy atom. The molecule has 3 aliphatic heterocycles. The highest BCUT2D eigenvalue weighted by molar-refractivity contribution is 5.85. The van der Waals surface area contributed by atoms with Crippen molar-refractivity contribution in [2.45, 2.75) is 70.0 Å². The Balaban J connectivity index is 1.45. The van der Waals surface area contributed by atoms with Crippen LogP contribution in [0.25, 0.3) is 0 Å². The van der Waals surface area contributed by atoms with Crippen molar-refractivity contribution in [3.63, 3.8) is 0 Å². The number of amides is 1. The summed E-state index contributed by atoms with van der Waals surface area (Å²) in [6, 6.07) is 7.79. The molecule has 0 saturated carbocycles. The molecule has 9 heteroatoms. The van der Waals surface area contributed by atoms with Gasteiger partial charge in [0.1, 0.15) is 18.3 Å². The third-order valence-corrected chi connectivity index (χ3v) is 5.21. The number of carbonyl (C=O) groups is 1. The van der Waals surface area contributed by atoms with Gasteiger partial charge in [0.15, 0.2) is 24.0 Å². The van der Waals surface area contributed by atoms with Gasteiger partial charge in [-0.25, -0.2) is 5.43 Å². The van der Waals surface area contributed by atoms with Crippen LogP contribution < -0.4 is 10.3 Å². The number of benzene rings is 1. The molecule has 3 saturated heterocycles. The van der Waals surface area contributed by atoms with Crippen LogP contribution in [0.15, 0.2) is 29.4 Å². The summed E-state index contributed by atoms with van der Waals surface area (Å²) in [4.78, 5) is 14.9. The highest BCUT2D eigenvalue weighted by atomic mass is 16.9. The lowest BCUT2D eigenvalue weighted by atomic mass is 9.98. The molecule has 0 radical (unpaired) electrons. The summed E-state index contributed by atoms with van der Waals surface area (Å²) in [5.74, 6) is -2.13. The maximum atomic E-state index is 12.8. The highest BCUT2D eigenvalue weighted by Crippen LogP contribution is 2.44. The molecule has 1 aromatic rings. The minimum absolute atomic E-state index is 0.431. The molecule has 1 aromatic carbocycles. The molecule has 1 N–H and O–H groups in total. The van der Waals surface area contributed by atoms with Gasteiger partial charge in [-0.3, -0.25) is 4.79 Å². The number of hydrogen-bond acceptors (Lipinski definition) is 8. The van der Waals surface area contributed by atoms with Crippen molar-refractivity contribution in [3.05, 3.63) is 29.8 Å². The maximum Gasteiger partial charge on any atom is 0.272 e. The molecule has 0 aliphatic carbocycles. The number of hydrogen-bond donors (Lipinski definition) is 1. The lowest BCUT2D eigenvalue weighted by molar-refractivity contribution is -0.231. The zero-order valence-corrected chi connectivity index (χ0v) is 18.1. The smallest absolute Gasteiger partial charge is 0.272 e. The predicted molar refractivity (Wildman–Crippen MR) is 109 cm³/mol. The quantitative estimate of drug-likeness (QED) is 0.586. The fourth-order valence-electron chi connectivity index (χ4n) is 3.92. The summed E-state index contributed by atoms with van der Waals surface area (Å²) in [6.07, 6.45) is -1.68. The molecule has 3 heterocycles. The van der Waals surface area contributed by atoms with E-state index >= 15 is 0 Å². The molecule has 30 heavy (non-hydrogen) atoms. The van der Waals surface area contributed by atoms with E-state index in [0.29, 0.717) is 0 Å². The van der Waals surface area contributed by atoms with Crippen molar-refractivity contribution in [2.75, 3.05) is 19.0 Å². The zero-order chi connectivity index (χ0) is 21.7. The Bertz CT molecular complexity index is 823. The maximum absolute atomic E-state index is 12.8. The second-order valence-corrected chi connectivity index (χ2v) is 8.81. The lowest BCUT2D eigenvalue weighted by Gasteiger charge is -2.36. The Kier molecular flexibility index (Phi) is 5.36. The highest BCUT2D eigenvalue weighted by Gasteiger charge is 2.62. The van der Waals surface area contributed by atoms with Gasteiger partial charge < -0.3 is 28.6 Å². The van der Waals surface area contributed by atoms with Crippen molar-refractivity contribution < 1.29 is 28.5 Å². The Labute approximate surface area is 176 Å². The molecule has 9 nitrogen and oxygen atoms in total. The van der Waals surface area contributed by atoms with Gasteiger partial charge in [-0.2, -0.15) is 5.10 Å². The van der Waals surface area contributed by atoms with Crippen molar-refractivity contribution in [1.82, 2.24) is 5.43 Å². The number of nitrogens with zero attached hydrogens (tertiary/aromatic N) is 2. The van der Waals surface area contributed by atoms with E-state index in [2.05, 4.69) is 10.5 Å². The minimum atomic E-state index is -0.941. The van der Waals surface area contributed by atoms with E-state index in [1.807, 2.05) is 43.3 Å². The summed E-state index contributed by atoms with van der Waals surface area (Å²) in [5.41, 5.74) is 4.48. The van der Waals surface area contributed by atoms with Crippen LogP contribution in [-0.4, -0.2) is 68.5 Å². The minimum Gasteiger partial charge on any atom is -0.378 e. The number of rotatable bonds is 4. The van der Waals surface area contributed by atoms with Gasteiger partial charge in [-0.1, -0.05) is 12.1 Å². The first-order valence-electron chi connectivity index (χ1n) is 10.0. The number of nitrogens with one attached hydrogen (secondary N) is 1. The molecule has 4 rings (SSSR count). The molecule has 3 fully saturated rings. The zero-order valence-electron chi connectivity index (χ0n) is 18.1. The topological polar surface area (TPSA) is 90.9 Å². The van der Waals surface area contributed by atoms with Crippen LogP contribution >= 0.6 is 0 Å². The van der Waals surface area contributed by atoms with E-state index in [-0.39, 0.29) is 0 Å². The van der Waals surface area contributed by atoms with Crippen LogP contribution in [0.1, 0.15) is 33.3 Å². The number of ether oxygens (including phenoxy) is 5. The van der Waals surface area contributed by atoms with Gasteiger partial charge >= 0.3 is 0 Å². The van der Waals surface area contributed by atoms with Crippen molar-refractivity contribution >= 4 is 17.8 Å². The first-order chi connectivity index (χ1) is 14.0. The van der Waals surface area contributed by atoms with E-state index in [0.717, 1.165) is 11.3 Å². The van der Waals surface area contributed by atoms with Gasteiger partial charge in [0.05, 0.1) is 6.21 Å². The molecular formula is C21H29N3O6. The number of fused-ring (bicyclic) bond motifs is 3. The first kappa shape index (κ1) is 21.2. The van der Waals surface area contributed by atoms with E-state index < -0.39 is 48.2 Å². The molecule has 5 atom stereocenters. The van der Waals surface area contributed by atoms with E-state index in [9.17, 15) is 4.79 Å². The second kappa shape index (κ2) is 7.58. The van der Waals surface area contributed by atoms with Crippen LogP contribution in [0.3, 0.4) is 0 Å². The predicted octanol–water partition coefficient (Wildman–Crippen LogP) is 1.60. The Hall–Kier alpha value is -2.04. The summed E-state index contributed by atoms with van der Waals surface area (Å²) in [5, 5.41) is 4.07. The summed E-state index contributed by atoms with van der Waals surface area (Å²) in [7, 11) is 3.95. The van der Waals surface area contributed by atoms with Gasteiger partial charge in [0.2, 0.25) is 0 Å². The van der Waals surface area contributed by atoms with Crippen molar-refractivity contribution in [2.24, 2.45) is 5.10 Å². The molecule has 5 unspecified atom stereocenters. The van der Waals surface area contributed by atoms with Gasteiger partial charge in [0.25, 0.3) is 5.91 Å². The molecule has 3 aliphatic rings. The van der Waals surface area contributed by atoms with Crippen LogP contribution in [-0.2, 0) is 28.5 Å². The largest absolute Gasteiger partial charge is 0.378 e. The lowest BCUT2D eigenvalue weighted by Crippen LogP contribution is -2.59. The number of hydrazone groups is 1. The first-order valence-corrected chi connectivity index (χ1v) is 10.0. The van der Waals surface area contributed by atoms with E-state index in [1.54, 1.807) is 33.9 Å². The molecule has 0 aromatic heterocycles. The number of carbonyl (C=O) groups excluding carboxylic acids is 1. The van der Waals surface area contributed by atoms with E-state index in [1.165, 1.54) is 0 Å². The van der Waals surface area contributed by atoms with Crippen LogP contribution in [0.4, 0.5) is 5.69 Å². The van der Waals surface area contributed by atoms with E-state index in [4.69, 9.17) is 23.7 Å². The average Bonchev–Trinajstić information content (AvgIpc) is 3.15. The molecule has 164 valence electrons. The Morgan fingerprint density at radius 2 is 1.57 bits per heavy atom. The van der Waals surface area contributed by atoms with Crippen LogP contribution in [0.5, 0.6) is 0 Å². The monoisotopic (exact) mass is 419 g/mol. The van der Waals surface area contributed by atoms with Gasteiger partial charge in [0, 0.05) is 19.8 Å². The van der Waals surface area contributed by atoms with Gasteiger partial charge in [-0.05, 0) is 45.4 Å². The standard InChI is InChI=1S/C21H29N3O6/c1-20(2)27-14-15(28-20)17-19(30-21(3,4)29-17)26-16(14)18(25)23-22-11-12-7-9-13(10-8-12)24(5)6/h7-11,14-17,19H,1-6H3,(H,23,25). The normalized spacial score (nSPS) is 33.9. The van der Waals surface area contributed by atoms with Crippen LogP contribution in [0, 0.1) is 0 Å². The molecule has 1 amide bonds. The third-order valence-electron chi connectivity index (χ3n) is 5.21. The van der Waals surface area contributed by atoms with Crippen molar-refractivity contribution in [1.29, 1.82) is 0 Å². The summed E-state index contributed by atoms with van der Waals surface area (Å²) >= 11 is 0. The second-order valence-electron chi connectivity index (χ2n) is 8.81. The summed E-state index contributed by atoms with van der Waals surface area (Å²) in [6.45, 7) is 7.19. The van der Waals surface area contributed by atoms with Crippen molar-refractivity contribution in [3.8, 4) is 0 Å². The summed E-state index contributed by atoms with van der Waals surface area (Å²) < 4.78 is 29.6. The number of anilines is 1. The Morgan fingerprint density at radius 1 is 0.967 bits per heavy atom. The SMILES string of the molecule is CN(C)c1ccc(C=NNC(=O)C2OC3OC(C)(C)OC3C3OC(C)(C)OC23)cc1. The molecule has 0 spiro atoms. The average molecular weight is 419 g/mol. The fourth-order valence-corrected chi connectivity index (χ4v) is 3.92. The fraction of sp³-hybridized carbons (Fsp3) is 0.619. The third kappa shape index (κ3) is 4.21.